The van der Waals surface area contributed by atoms with Gasteiger partial charge in [0.25, 0.3) is 0 Å². The van der Waals surface area contributed by atoms with Crippen LogP contribution in [0.3, 0.4) is 0 Å². The molecule has 3 aromatic rings. The highest BCUT2D eigenvalue weighted by Gasteiger charge is 2.24. The van der Waals surface area contributed by atoms with E-state index in [1.807, 2.05) is 12.1 Å². The number of nitrogens with one attached hydrogen (secondary N) is 4. The molecule has 2 aliphatic rings. The highest BCUT2D eigenvalue weighted by atomic mass is 32.2. The molecule has 0 spiro atoms. The van der Waals surface area contributed by atoms with Crippen molar-refractivity contribution in [1.82, 2.24) is 25.5 Å². The molecule has 1 aromatic carbocycles. The van der Waals surface area contributed by atoms with E-state index in [9.17, 15) is 8.42 Å². The largest absolute Gasteiger partial charge is 0.378 e. The van der Waals surface area contributed by atoms with Gasteiger partial charge >= 0.3 is 0 Å². The first kappa shape index (κ1) is 21.9. The zero-order valence-corrected chi connectivity index (χ0v) is 19.3. The maximum atomic E-state index is 12.3. The number of rotatable bonds is 6. The molecule has 33 heavy (non-hydrogen) atoms. The predicted octanol–water partition coefficient (Wildman–Crippen LogP) is 1.50. The van der Waals surface area contributed by atoms with Crippen LogP contribution in [-0.2, 0) is 14.6 Å². The molecule has 11 nitrogen and oxygen atoms in total. The SMILES string of the molecule is CS(=O)(=O)c1[nH]nc2nc(Nc3ccc(N4CCOCC4)cc3)nc(NC3CCNCC3)c12. The van der Waals surface area contributed by atoms with Gasteiger partial charge in [0.15, 0.2) is 20.5 Å². The van der Waals surface area contributed by atoms with Crippen LogP contribution < -0.4 is 20.9 Å². The number of H-pyrrole nitrogens is 1. The Labute approximate surface area is 192 Å². The molecule has 2 fully saturated rings. The van der Waals surface area contributed by atoms with Gasteiger partial charge in [-0.3, -0.25) is 5.10 Å². The van der Waals surface area contributed by atoms with E-state index in [1.165, 1.54) is 0 Å². The molecule has 12 heteroatoms. The number of morpholine rings is 1. The molecule has 0 aliphatic carbocycles. The third kappa shape index (κ3) is 4.87. The molecule has 2 aliphatic heterocycles. The van der Waals surface area contributed by atoms with Gasteiger partial charge in [-0.2, -0.15) is 15.1 Å². The van der Waals surface area contributed by atoms with Gasteiger partial charge in [0.2, 0.25) is 5.95 Å². The number of hydrogen-bond donors (Lipinski definition) is 4. The lowest BCUT2D eigenvalue weighted by atomic mass is 10.1. The van der Waals surface area contributed by atoms with E-state index in [0.29, 0.717) is 22.8 Å². The van der Waals surface area contributed by atoms with E-state index in [0.717, 1.165) is 69.9 Å². The number of aromatic amines is 1. The summed E-state index contributed by atoms with van der Waals surface area (Å²) in [5.41, 5.74) is 2.27. The number of ether oxygens (including phenoxy) is 1. The molecular formula is C21H28N8O3S. The second-order valence-corrected chi connectivity index (χ2v) is 10.3. The van der Waals surface area contributed by atoms with E-state index in [2.05, 4.69) is 53.1 Å². The molecule has 4 N–H and O–H groups in total. The fourth-order valence-corrected chi connectivity index (χ4v) is 4.96. The average Bonchev–Trinajstić information content (AvgIpc) is 3.26. The first-order chi connectivity index (χ1) is 16.0. The maximum absolute atomic E-state index is 12.3. The van der Waals surface area contributed by atoms with Crippen molar-refractivity contribution in [2.24, 2.45) is 0 Å². The topological polar surface area (TPSA) is 137 Å². The number of nitrogens with zero attached hydrogens (tertiary/aromatic N) is 4. The normalized spacial score (nSPS) is 17.9. The lowest BCUT2D eigenvalue weighted by Gasteiger charge is -2.28. The molecule has 2 saturated heterocycles. The molecule has 0 bridgehead atoms. The van der Waals surface area contributed by atoms with Crippen molar-refractivity contribution in [3.63, 3.8) is 0 Å². The Bertz CT molecular complexity index is 1220. The Hall–Kier alpha value is -2.96. The zero-order chi connectivity index (χ0) is 22.8. The van der Waals surface area contributed by atoms with E-state index in [4.69, 9.17) is 4.74 Å². The summed E-state index contributed by atoms with van der Waals surface area (Å²) in [6.07, 6.45) is 2.99. The monoisotopic (exact) mass is 472 g/mol. The van der Waals surface area contributed by atoms with Gasteiger partial charge in [-0.1, -0.05) is 0 Å². The number of fused-ring (bicyclic) bond motifs is 1. The summed E-state index contributed by atoms with van der Waals surface area (Å²) in [7, 11) is -3.52. The van der Waals surface area contributed by atoms with E-state index < -0.39 is 9.84 Å². The summed E-state index contributed by atoms with van der Waals surface area (Å²) in [5.74, 6) is 0.818. The summed E-state index contributed by atoms with van der Waals surface area (Å²) >= 11 is 0. The van der Waals surface area contributed by atoms with Crippen molar-refractivity contribution in [3.05, 3.63) is 24.3 Å². The molecule has 2 aromatic heterocycles. The molecule has 0 saturated carbocycles. The predicted molar refractivity (Wildman–Crippen MR) is 127 cm³/mol. The third-order valence-electron chi connectivity index (χ3n) is 5.93. The number of sulfone groups is 1. The summed E-state index contributed by atoms with van der Waals surface area (Å²) in [6, 6.07) is 8.25. The minimum absolute atomic E-state index is 0.0235. The summed E-state index contributed by atoms with van der Waals surface area (Å²) in [6.45, 7) is 5.02. The van der Waals surface area contributed by atoms with Crippen LogP contribution in [0.25, 0.3) is 11.0 Å². The van der Waals surface area contributed by atoms with Crippen LogP contribution in [0.5, 0.6) is 0 Å². The van der Waals surface area contributed by atoms with Crippen LogP contribution in [-0.4, -0.2) is 80.3 Å². The second-order valence-electron chi connectivity index (χ2n) is 8.36. The van der Waals surface area contributed by atoms with Gasteiger partial charge in [-0.25, -0.2) is 8.42 Å². The van der Waals surface area contributed by atoms with Crippen molar-refractivity contribution < 1.29 is 13.2 Å². The summed E-state index contributed by atoms with van der Waals surface area (Å²) in [5, 5.41) is 17.2. The van der Waals surface area contributed by atoms with E-state index in [1.54, 1.807) is 0 Å². The lowest BCUT2D eigenvalue weighted by Crippen LogP contribution is -2.36. The number of benzene rings is 1. The maximum Gasteiger partial charge on any atom is 0.231 e. The van der Waals surface area contributed by atoms with Crippen molar-refractivity contribution in [1.29, 1.82) is 0 Å². The Kier molecular flexibility index (Phi) is 6.04. The number of aromatic nitrogens is 4. The molecule has 0 amide bonds. The van der Waals surface area contributed by atoms with Crippen LogP contribution in [0, 0.1) is 0 Å². The molecule has 4 heterocycles. The number of piperidine rings is 1. The zero-order valence-electron chi connectivity index (χ0n) is 18.5. The molecule has 5 rings (SSSR count). The van der Waals surface area contributed by atoms with Gasteiger partial charge in [0, 0.05) is 36.8 Å². The Morgan fingerprint density at radius 3 is 2.52 bits per heavy atom. The smallest absolute Gasteiger partial charge is 0.231 e. The van der Waals surface area contributed by atoms with E-state index >= 15 is 0 Å². The fraction of sp³-hybridized carbons (Fsp3) is 0.476. The highest BCUT2D eigenvalue weighted by Crippen LogP contribution is 2.29. The standard InChI is InChI=1S/C21H28N8O3S/c1-33(30,31)20-17-18(23-15-6-8-22-9-7-15)25-21(26-19(17)27-28-20)24-14-2-4-16(5-3-14)29-10-12-32-13-11-29/h2-5,15,22H,6-13H2,1H3,(H3,23,24,25,26,27,28). The first-order valence-electron chi connectivity index (χ1n) is 11.1. The minimum Gasteiger partial charge on any atom is -0.378 e. The van der Waals surface area contributed by atoms with Crippen molar-refractivity contribution in [2.75, 3.05) is 61.2 Å². The van der Waals surface area contributed by atoms with Gasteiger partial charge < -0.3 is 25.6 Å². The van der Waals surface area contributed by atoms with Crippen LogP contribution in [0.2, 0.25) is 0 Å². The van der Waals surface area contributed by atoms with Crippen LogP contribution >= 0.6 is 0 Å². The Morgan fingerprint density at radius 2 is 1.82 bits per heavy atom. The fourth-order valence-electron chi connectivity index (χ4n) is 4.19. The summed E-state index contributed by atoms with van der Waals surface area (Å²) < 4.78 is 30.0. The quantitative estimate of drug-likeness (QED) is 0.418. The van der Waals surface area contributed by atoms with Crippen LogP contribution in [0.1, 0.15) is 12.8 Å². The Balaban J connectivity index is 1.44. The van der Waals surface area contributed by atoms with Gasteiger partial charge in [-0.05, 0) is 50.2 Å². The molecule has 0 atom stereocenters. The van der Waals surface area contributed by atoms with Gasteiger partial charge in [-0.15, -0.1) is 0 Å². The van der Waals surface area contributed by atoms with Crippen molar-refractivity contribution >= 4 is 44.0 Å². The van der Waals surface area contributed by atoms with Crippen LogP contribution in [0.15, 0.2) is 29.3 Å². The molecule has 0 radical (unpaired) electrons. The van der Waals surface area contributed by atoms with Crippen molar-refractivity contribution in [3.8, 4) is 0 Å². The van der Waals surface area contributed by atoms with Gasteiger partial charge in [0.1, 0.15) is 11.2 Å². The van der Waals surface area contributed by atoms with Gasteiger partial charge in [0.05, 0.1) is 13.2 Å². The van der Waals surface area contributed by atoms with Crippen molar-refractivity contribution in [2.45, 2.75) is 23.9 Å². The average molecular weight is 473 g/mol. The molecule has 0 unspecified atom stereocenters. The third-order valence-corrected chi connectivity index (χ3v) is 6.97. The first-order valence-corrected chi connectivity index (χ1v) is 13.0. The number of anilines is 4. The molecular weight excluding hydrogens is 444 g/mol. The highest BCUT2D eigenvalue weighted by molar-refractivity contribution is 7.90. The van der Waals surface area contributed by atoms with E-state index in [-0.39, 0.29) is 11.1 Å². The molecule has 176 valence electrons. The Morgan fingerprint density at radius 1 is 1.09 bits per heavy atom. The second kappa shape index (κ2) is 9.12. The lowest BCUT2D eigenvalue weighted by molar-refractivity contribution is 0.122. The minimum atomic E-state index is -3.52. The van der Waals surface area contributed by atoms with Crippen LogP contribution in [0.4, 0.5) is 23.1 Å². The number of hydrogen-bond acceptors (Lipinski definition) is 10. The summed E-state index contributed by atoms with van der Waals surface area (Å²) in [4.78, 5) is 11.4.